The van der Waals surface area contributed by atoms with Crippen molar-refractivity contribution >= 4 is 29.0 Å². The van der Waals surface area contributed by atoms with Gasteiger partial charge in [0.2, 0.25) is 11.8 Å². The van der Waals surface area contributed by atoms with Gasteiger partial charge >= 0.3 is 0 Å². The van der Waals surface area contributed by atoms with E-state index >= 15 is 0 Å². The molecule has 4 rings (SSSR count). The van der Waals surface area contributed by atoms with E-state index < -0.39 is 5.92 Å². The molecule has 0 bridgehead atoms. The Morgan fingerprint density at radius 3 is 2.68 bits per heavy atom. The number of morpholine rings is 1. The molecule has 2 saturated heterocycles. The van der Waals surface area contributed by atoms with E-state index in [2.05, 4.69) is 15.2 Å². The number of rotatable bonds is 6. The van der Waals surface area contributed by atoms with E-state index in [0.29, 0.717) is 42.6 Å². The highest BCUT2D eigenvalue weighted by Gasteiger charge is 2.36. The lowest BCUT2D eigenvalue weighted by Gasteiger charge is -2.29. The van der Waals surface area contributed by atoms with E-state index in [4.69, 9.17) is 14.2 Å². The number of methoxy groups -OCH3 is 2. The normalized spacial score (nSPS) is 18.8. The van der Waals surface area contributed by atoms with E-state index in [0.717, 1.165) is 18.9 Å². The van der Waals surface area contributed by atoms with Crippen LogP contribution < -0.4 is 24.6 Å². The minimum absolute atomic E-state index is 0.105. The molecular formula is C22H26N4O5. The number of anilines is 3. The van der Waals surface area contributed by atoms with Gasteiger partial charge in [-0.1, -0.05) is 0 Å². The Kier molecular flexibility index (Phi) is 6.22. The van der Waals surface area contributed by atoms with Crippen LogP contribution in [0.4, 0.5) is 17.2 Å². The highest BCUT2D eigenvalue weighted by atomic mass is 16.5. The van der Waals surface area contributed by atoms with Crippen molar-refractivity contribution in [1.29, 1.82) is 0 Å². The maximum absolute atomic E-state index is 13.0. The molecule has 0 saturated carbocycles. The molecular weight excluding hydrogens is 400 g/mol. The zero-order valence-corrected chi connectivity index (χ0v) is 17.7. The summed E-state index contributed by atoms with van der Waals surface area (Å²) in [7, 11) is 3.10. The fraction of sp³-hybridized carbons (Fsp3) is 0.409. The Labute approximate surface area is 180 Å². The van der Waals surface area contributed by atoms with Gasteiger partial charge in [-0.2, -0.15) is 0 Å². The highest BCUT2D eigenvalue weighted by molar-refractivity contribution is 6.04. The summed E-state index contributed by atoms with van der Waals surface area (Å²) in [4.78, 5) is 33.8. The van der Waals surface area contributed by atoms with Gasteiger partial charge in [0.15, 0.2) is 17.3 Å². The van der Waals surface area contributed by atoms with Crippen LogP contribution in [0, 0.1) is 5.92 Å². The van der Waals surface area contributed by atoms with Gasteiger partial charge in [0.25, 0.3) is 0 Å². The number of carbonyl (C=O) groups is 2. The molecule has 1 atom stereocenters. The number of pyridine rings is 1. The van der Waals surface area contributed by atoms with Crippen molar-refractivity contribution in [3.8, 4) is 11.5 Å². The lowest BCUT2D eigenvalue weighted by Crippen LogP contribution is -2.37. The molecule has 9 heteroatoms. The average molecular weight is 426 g/mol. The summed E-state index contributed by atoms with van der Waals surface area (Å²) >= 11 is 0. The van der Waals surface area contributed by atoms with Crippen LogP contribution in [0.3, 0.4) is 0 Å². The monoisotopic (exact) mass is 426 g/mol. The lowest BCUT2D eigenvalue weighted by molar-refractivity contribution is -0.122. The third kappa shape index (κ3) is 4.41. The Morgan fingerprint density at radius 2 is 1.94 bits per heavy atom. The summed E-state index contributed by atoms with van der Waals surface area (Å²) in [5, 5.41) is 2.98. The first kappa shape index (κ1) is 20.9. The molecule has 0 radical (unpaired) electrons. The van der Waals surface area contributed by atoms with E-state index in [-0.39, 0.29) is 18.2 Å². The largest absolute Gasteiger partial charge is 0.493 e. The van der Waals surface area contributed by atoms with Gasteiger partial charge in [0.1, 0.15) is 0 Å². The molecule has 2 aliphatic rings. The van der Waals surface area contributed by atoms with Gasteiger partial charge in [-0.15, -0.1) is 0 Å². The van der Waals surface area contributed by atoms with Gasteiger partial charge in [-0.05, 0) is 24.3 Å². The van der Waals surface area contributed by atoms with Gasteiger partial charge in [0, 0.05) is 44.0 Å². The van der Waals surface area contributed by atoms with Gasteiger partial charge in [-0.3, -0.25) is 9.59 Å². The van der Waals surface area contributed by atoms with Crippen LogP contribution in [0.2, 0.25) is 0 Å². The molecule has 1 unspecified atom stereocenters. The fourth-order valence-corrected chi connectivity index (χ4v) is 3.88. The van der Waals surface area contributed by atoms with Crippen LogP contribution in [0.25, 0.3) is 0 Å². The van der Waals surface area contributed by atoms with Crippen LogP contribution in [0.1, 0.15) is 6.42 Å². The number of hydrogen-bond acceptors (Lipinski definition) is 7. The maximum Gasteiger partial charge on any atom is 0.229 e. The molecule has 2 fully saturated rings. The zero-order chi connectivity index (χ0) is 21.8. The molecule has 31 heavy (non-hydrogen) atoms. The minimum Gasteiger partial charge on any atom is -0.493 e. The lowest BCUT2D eigenvalue weighted by atomic mass is 10.1. The second-order valence-electron chi connectivity index (χ2n) is 7.41. The SMILES string of the molecule is COc1ccc(N2CC(C(=O)Nc3cccnc3N3CCOCC3)CC2=O)cc1OC. The topological polar surface area (TPSA) is 93.2 Å². The number of hydrogen-bond donors (Lipinski definition) is 1. The molecule has 1 N–H and O–H groups in total. The van der Waals surface area contributed by atoms with Crippen LogP contribution in [-0.4, -0.2) is 63.9 Å². The van der Waals surface area contributed by atoms with Crippen LogP contribution in [-0.2, 0) is 14.3 Å². The van der Waals surface area contributed by atoms with Crippen molar-refractivity contribution in [1.82, 2.24) is 4.98 Å². The molecule has 2 aromatic rings. The number of carbonyl (C=O) groups excluding carboxylic acids is 2. The van der Waals surface area contributed by atoms with Crippen molar-refractivity contribution < 1.29 is 23.8 Å². The standard InChI is InChI=1S/C22H26N4O5/c1-29-18-6-5-16(13-19(18)30-2)26-14-15(12-20(26)27)22(28)24-17-4-3-7-23-21(17)25-8-10-31-11-9-25/h3-7,13,15H,8-12,14H2,1-2H3,(H,24,28). The highest BCUT2D eigenvalue weighted by Crippen LogP contribution is 2.34. The summed E-state index contributed by atoms with van der Waals surface area (Å²) in [6.45, 7) is 2.99. The van der Waals surface area contributed by atoms with Gasteiger partial charge < -0.3 is 29.3 Å². The van der Waals surface area contributed by atoms with E-state index in [1.807, 2.05) is 6.07 Å². The van der Waals surface area contributed by atoms with E-state index in [9.17, 15) is 9.59 Å². The van der Waals surface area contributed by atoms with Gasteiger partial charge in [-0.25, -0.2) is 4.98 Å². The first-order valence-corrected chi connectivity index (χ1v) is 10.2. The van der Waals surface area contributed by atoms with Gasteiger partial charge in [0.05, 0.1) is 39.0 Å². The predicted molar refractivity (Wildman–Crippen MR) is 116 cm³/mol. The Hall–Kier alpha value is -3.33. The minimum atomic E-state index is -0.460. The summed E-state index contributed by atoms with van der Waals surface area (Å²) in [6.07, 6.45) is 1.85. The molecule has 0 spiro atoms. The molecule has 9 nitrogen and oxygen atoms in total. The molecule has 2 aliphatic heterocycles. The number of benzene rings is 1. The molecule has 2 amide bonds. The Bertz CT molecular complexity index is 961. The van der Waals surface area contributed by atoms with Crippen molar-refractivity contribution in [3.63, 3.8) is 0 Å². The number of nitrogens with one attached hydrogen (secondary N) is 1. The fourth-order valence-electron chi connectivity index (χ4n) is 3.88. The molecule has 3 heterocycles. The number of nitrogens with zero attached hydrogens (tertiary/aromatic N) is 3. The first-order chi connectivity index (χ1) is 15.1. The van der Waals surface area contributed by atoms with Crippen molar-refractivity contribution in [2.24, 2.45) is 5.92 Å². The molecule has 1 aromatic heterocycles. The van der Waals surface area contributed by atoms with Crippen LogP contribution >= 0.6 is 0 Å². The number of aromatic nitrogens is 1. The van der Waals surface area contributed by atoms with E-state index in [1.54, 1.807) is 49.6 Å². The smallest absolute Gasteiger partial charge is 0.229 e. The molecule has 164 valence electrons. The van der Waals surface area contributed by atoms with Crippen molar-refractivity contribution in [3.05, 3.63) is 36.5 Å². The van der Waals surface area contributed by atoms with Crippen LogP contribution in [0.15, 0.2) is 36.5 Å². The molecule has 0 aliphatic carbocycles. The van der Waals surface area contributed by atoms with E-state index in [1.165, 1.54) is 0 Å². The Morgan fingerprint density at radius 1 is 1.16 bits per heavy atom. The molecule has 1 aromatic carbocycles. The second kappa shape index (κ2) is 9.22. The van der Waals surface area contributed by atoms with Crippen molar-refractivity contribution in [2.75, 3.05) is 62.2 Å². The number of amides is 2. The Balaban J connectivity index is 1.47. The summed E-state index contributed by atoms with van der Waals surface area (Å²) in [5.74, 6) is 1.08. The predicted octanol–water partition coefficient (Wildman–Crippen LogP) is 1.93. The zero-order valence-electron chi connectivity index (χ0n) is 17.7. The van der Waals surface area contributed by atoms with Crippen molar-refractivity contribution in [2.45, 2.75) is 6.42 Å². The third-order valence-corrected chi connectivity index (χ3v) is 5.53. The maximum atomic E-state index is 13.0. The summed E-state index contributed by atoms with van der Waals surface area (Å²) in [5.41, 5.74) is 1.32. The second-order valence-corrected chi connectivity index (χ2v) is 7.41. The summed E-state index contributed by atoms with van der Waals surface area (Å²) < 4.78 is 16.0. The first-order valence-electron chi connectivity index (χ1n) is 10.2. The summed E-state index contributed by atoms with van der Waals surface area (Å²) in [6, 6.07) is 8.90. The van der Waals surface area contributed by atoms with Crippen LogP contribution in [0.5, 0.6) is 11.5 Å². The quantitative estimate of drug-likeness (QED) is 0.754. The average Bonchev–Trinajstić information content (AvgIpc) is 3.21. The number of ether oxygens (including phenoxy) is 3. The third-order valence-electron chi connectivity index (χ3n) is 5.53.